The number of nitrogens with one attached hydrogen (secondary N) is 1. The Bertz CT molecular complexity index is 1110. The first-order chi connectivity index (χ1) is 12.7. The highest BCUT2D eigenvalue weighted by Gasteiger charge is 2.20. The van der Waals surface area contributed by atoms with Gasteiger partial charge in [-0.25, -0.2) is 9.37 Å². The smallest absolute Gasteiger partial charge is 0.180 e. The maximum absolute atomic E-state index is 14.7. The summed E-state index contributed by atoms with van der Waals surface area (Å²) in [5, 5.41) is 15.7. The molecule has 5 rings (SSSR count). The SMILES string of the molecule is Cc1cc(-c2cc(F)c3nc(C4CCNCC4)cn3c2)nn2cnnc12. The Morgan fingerprint density at radius 2 is 2.00 bits per heavy atom. The fourth-order valence-electron chi connectivity index (χ4n) is 3.65. The van der Waals surface area contributed by atoms with Gasteiger partial charge in [-0.1, -0.05) is 0 Å². The van der Waals surface area contributed by atoms with Crippen LogP contribution in [0.1, 0.15) is 30.0 Å². The third-order valence-corrected chi connectivity index (χ3v) is 5.03. The molecule has 1 saturated heterocycles. The molecule has 1 aliphatic heterocycles. The molecule has 1 N–H and O–H groups in total. The van der Waals surface area contributed by atoms with E-state index in [1.807, 2.05) is 25.4 Å². The molecule has 0 saturated carbocycles. The maximum Gasteiger partial charge on any atom is 0.180 e. The van der Waals surface area contributed by atoms with Crippen molar-refractivity contribution in [2.45, 2.75) is 25.7 Å². The molecule has 132 valence electrons. The normalized spacial score (nSPS) is 15.9. The zero-order valence-electron chi connectivity index (χ0n) is 14.4. The van der Waals surface area contributed by atoms with Gasteiger partial charge in [0.25, 0.3) is 0 Å². The van der Waals surface area contributed by atoms with Crippen molar-refractivity contribution in [1.82, 2.24) is 34.5 Å². The van der Waals surface area contributed by atoms with E-state index in [9.17, 15) is 4.39 Å². The number of aryl methyl sites for hydroxylation is 1. The first-order valence-electron chi connectivity index (χ1n) is 8.76. The standard InChI is InChI=1S/C18H18FN7/c1-11-6-15(24-26-10-21-23-17(11)26)13-7-14(19)18-22-16(9-25(18)8-13)12-2-4-20-5-3-12/h6-10,12,20H,2-5H2,1H3. The summed E-state index contributed by atoms with van der Waals surface area (Å²) in [6.07, 6.45) is 7.44. The minimum absolute atomic E-state index is 0.342. The lowest BCUT2D eigenvalue weighted by Crippen LogP contribution is -2.26. The third-order valence-electron chi connectivity index (χ3n) is 5.03. The molecule has 5 heterocycles. The largest absolute Gasteiger partial charge is 0.317 e. The van der Waals surface area contributed by atoms with Crippen LogP contribution >= 0.6 is 0 Å². The second-order valence-corrected chi connectivity index (χ2v) is 6.81. The molecule has 0 radical (unpaired) electrons. The summed E-state index contributed by atoms with van der Waals surface area (Å²) >= 11 is 0. The van der Waals surface area contributed by atoms with Crippen LogP contribution in [0, 0.1) is 12.7 Å². The topological polar surface area (TPSA) is 72.4 Å². The number of imidazole rings is 1. The van der Waals surface area contributed by atoms with Crippen molar-refractivity contribution in [1.29, 1.82) is 0 Å². The minimum Gasteiger partial charge on any atom is -0.317 e. The summed E-state index contributed by atoms with van der Waals surface area (Å²) in [5.41, 5.74) is 4.33. The molecule has 4 aromatic heterocycles. The van der Waals surface area contributed by atoms with Crippen molar-refractivity contribution in [3.63, 3.8) is 0 Å². The van der Waals surface area contributed by atoms with Crippen molar-refractivity contribution in [2.75, 3.05) is 13.1 Å². The summed E-state index contributed by atoms with van der Waals surface area (Å²) < 4.78 is 18.1. The molecule has 0 atom stereocenters. The number of nitrogens with zero attached hydrogens (tertiary/aromatic N) is 6. The number of piperidine rings is 1. The number of hydrogen-bond donors (Lipinski definition) is 1. The molecule has 4 aromatic rings. The van der Waals surface area contributed by atoms with Gasteiger partial charge >= 0.3 is 0 Å². The van der Waals surface area contributed by atoms with Gasteiger partial charge in [0.05, 0.1) is 11.4 Å². The number of rotatable bonds is 2. The molecule has 0 unspecified atom stereocenters. The first-order valence-corrected chi connectivity index (χ1v) is 8.76. The van der Waals surface area contributed by atoms with E-state index in [-0.39, 0.29) is 5.82 Å². The van der Waals surface area contributed by atoms with E-state index in [1.165, 1.54) is 6.07 Å². The lowest BCUT2D eigenvalue weighted by atomic mass is 9.95. The van der Waals surface area contributed by atoms with Crippen LogP contribution in [-0.4, -0.2) is 42.3 Å². The lowest BCUT2D eigenvalue weighted by Gasteiger charge is -2.20. The number of halogens is 1. The van der Waals surface area contributed by atoms with Crippen LogP contribution in [0.5, 0.6) is 0 Å². The van der Waals surface area contributed by atoms with Gasteiger partial charge in [0, 0.05) is 23.9 Å². The fraction of sp³-hybridized carbons (Fsp3) is 0.333. The van der Waals surface area contributed by atoms with Crippen LogP contribution in [0.2, 0.25) is 0 Å². The molecule has 0 aromatic carbocycles. The summed E-state index contributed by atoms with van der Waals surface area (Å²) in [5.74, 6) is 0.0405. The van der Waals surface area contributed by atoms with Crippen LogP contribution in [0.4, 0.5) is 4.39 Å². The second-order valence-electron chi connectivity index (χ2n) is 6.81. The number of hydrogen-bond acceptors (Lipinski definition) is 5. The van der Waals surface area contributed by atoms with E-state index in [0.29, 0.717) is 28.5 Å². The molecular weight excluding hydrogens is 333 g/mol. The zero-order chi connectivity index (χ0) is 17.7. The van der Waals surface area contributed by atoms with E-state index in [0.717, 1.165) is 37.2 Å². The molecule has 0 spiro atoms. The predicted molar refractivity (Wildman–Crippen MR) is 94.5 cm³/mol. The fourth-order valence-corrected chi connectivity index (χ4v) is 3.65. The Labute approximate surface area is 148 Å². The quantitative estimate of drug-likeness (QED) is 0.600. The van der Waals surface area contributed by atoms with E-state index in [2.05, 4.69) is 25.6 Å². The Kier molecular flexibility index (Phi) is 3.46. The summed E-state index contributed by atoms with van der Waals surface area (Å²) in [6, 6.07) is 3.39. The Balaban J connectivity index is 1.61. The molecule has 8 heteroatoms. The van der Waals surface area contributed by atoms with Gasteiger partial charge < -0.3 is 9.72 Å². The zero-order valence-corrected chi connectivity index (χ0v) is 14.4. The molecule has 0 bridgehead atoms. The molecule has 1 fully saturated rings. The van der Waals surface area contributed by atoms with Crippen molar-refractivity contribution in [3.8, 4) is 11.3 Å². The number of aromatic nitrogens is 6. The summed E-state index contributed by atoms with van der Waals surface area (Å²) in [6.45, 7) is 3.90. The summed E-state index contributed by atoms with van der Waals surface area (Å²) in [7, 11) is 0. The van der Waals surface area contributed by atoms with Gasteiger partial charge in [0.2, 0.25) is 0 Å². The average molecular weight is 351 g/mol. The lowest BCUT2D eigenvalue weighted by molar-refractivity contribution is 0.454. The van der Waals surface area contributed by atoms with Gasteiger partial charge in [0.15, 0.2) is 17.1 Å². The van der Waals surface area contributed by atoms with Crippen LogP contribution < -0.4 is 5.32 Å². The van der Waals surface area contributed by atoms with E-state index in [1.54, 1.807) is 15.2 Å². The molecular formula is C18H18FN7. The molecule has 1 aliphatic rings. The van der Waals surface area contributed by atoms with Gasteiger partial charge in [-0.05, 0) is 50.6 Å². The maximum atomic E-state index is 14.7. The van der Waals surface area contributed by atoms with Crippen molar-refractivity contribution < 1.29 is 4.39 Å². The molecule has 26 heavy (non-hydrogen) atoms. The second kappa shape index (κ2) is 5.84. The van der Waals surface area contributed by atoms with E-state index in [4.69, 9.17) is 0 Å². The van der Waals surface area contributed by atoms with Crippen molar-refractivity contribution in [2.24, 2.45) is 0 Å². The van der Waals surface area contributed by atoms with E-state index >= 15 is 0 Å². The third kappa shape index (κ3) is 2.45. The van der Waals surface area contributed by atoms with E-state index < -0.39 is 0 Å². The van der Waals surface area contributed by atoms with Crippen LogP contribution in [0.25, 0.3) is 22.6 Å². The number of pyridine rings is 1. The molecule has 0 amide bonds. The van der Waals surface area contributed by atoms with Crippen molar-refractivity contribution >= 4 is 11.3 Å². The van der Waals surface area contributed by atoms with Crippen LogP contribution in [0.3, 0.4) is 0 Å². The Morgan fingerprint density at radius 3 is 2.85 bits per heavy atom. The summed E-state index contributed by atoms with van der Waals surface area (Å²) in [4.78, 5) is 4.54. The van der Waals surface area contributed by atoms with Gasteiger partial charge in [-0.2, -0.15) is 9.61 Å². The van der Waals surface area contributed by atoms with Gasteiger partial charge in [0.1, 0.15) is 6.33 Å². The predicted octanol–water partition coefficient (Wildman–Crippen LogP) is 2.35. The highest BCUT2D eigenvalue weighted by atomic mass is 19.1. The Morgan fingerprint density at radius 1 is 1.15 bits per heavy atom. The molecule has 7 nitrogen and oxygen atoms in total. The van der Waals surface area contributed by atoms with Crippen LogP contribution in [-0.2, 0) is 0 Å². The van der Waals surface area contributed by atoms with Crippen molar-refractivity contribution in [3.05, 3.63) is 47.9 Å². The highest BCUT2D eigenvalue weighted by Crippen LogP contribution is 2.27. The monoisotopic (exact) mass is 351 g/mol. The van der Waals surface area contributed by atoms with Gasteiger partial charge in [-0.3, -0.25) is 0 Å². The first kappa shape index (κ1) is 15.4. The Hall–Kier alpha value is -2.87. The van der Waals surface area contributed by atoms with Gasteiger partial charge in [-0.15, -0.1) is 10.2 Å². The highest BCUT2D eigenvalue weighted by molar-refractivity contribution is 5.64. The van der Waals surface area contributed by atoms with Crippen LogP contribution in [0.15, 0.2) is 30.9 Å². The molecule has 0 aliphatic carbocycles. The number of fused-ring (bicyclic) bond motifs is 2. The minimum atomic E-state index is -0.342. The average Bonchev–Trinajstić information content (AvgIpc) is 3.29.